The van der Waals surface area contributed by atoms with E-state index in [0.29, 0.717) is 28.6 Å². The van der Waals surface area contributed by atoms with Crippen molar-refractivity contribution in [1.82, 2.24) is 14.7 Å². The third-order valence-corrected chi connectivity index (χ3v) is 5.64. The first-order valence-corrected chi connectivity index (χ1v) is 11.7. The quantitative estimate of drug-likeness (QED) is 0.436. The third-order valence-electron chi connectivity index (χ3n) is 5.32. The molecular formula is C26H30ClFN4O2. The van der Waals surface area contributed by atoms with Crippen molar-refractivity contribution in [3.63, 3.8) is 0 Å². The van der Waals surface area contributed by atoms with E-state index >= 15 is 0 Å². The Morgan fingerprint density at radius 1 is 1.12 bits per heavy atom. The molecular weight excluding hydrogens is 455 g/mol. The fourth-order valence-corrected chi connectivity index (χ4v) is 3.59. The molecule has 0 spiro atoms. The minimum absolute atomic E-state index is 0.144. The highest BCUT2D eigenvalue weighted by molar-refractivity contribution is 6.32. The summed E-state index contributed by atoms with van der Waals surface area (Å²) < 4.78 is 14.9. The summed E-state index contributed by atoms with van der Waals surface area (Å²) in [5.41, 5.74) is 1.51. The van der Waals surface area contributed by atoms with Crippen LogP contribution in [-0.4, -0.2) is 39.6 Å². The molecule has 3 rings (SSSR count). The summed E-state index contributed by atoms with van der Waals surface area (Å²) in [6, 6.07) is 14.4. The molecule has 0 saturated carbocycles. The van der Waals surface area contributed by atoms with E-state index in [9.17, 15) is 14.0 Å². The first-order chi connectivity index (χ1) is 16.1. The number of nitrogens with one attached hydrogen (secondary N) is 1. The maximum Gasteiger partial charge on any atom is 0.254 e. The van der Waals surface area contributed by atoms with Gasteiger partial charge in [-0.15, -0.1) is 0 Å². The largest absolute Gasteiger partial charge is 0.329 e. The SMILES string of the molecule is CCCCN(CC(=O)Nc1cc(C(C)(C)C)nn1-c1ccccc1Cl)C(=O)c1ccc(F)cc1. The molecule has 8 heteroatoms. The fraction of sp³-hybridized carbons (Fsp3) is 0.346. The fourth-order valence-electron chi connectivity index (χ4n) is 3.38. The molecule has 6 nitrogen and oxygen atoms in total. The maximum absolute atomic E-state index is 13.3. The van der Waals surface area contributed by atoms with E-state index in [0.717, 1.165) is 18.5 Å². The van der Waals surface area contributed by atoms with Crippen molar-refractivity contribution >= 4 is 29.2 Å². The molecule has 3 aromatic rings. The van der Waals surface area contributed by atoms with Gasteiger partial charge in [0.15, 0.2) is 0 Å². The van der Waals surface area contributed by atoms with Crippen molar-refractivity contribution in [1.29, 1.82) is 0 Å². The van der Waals surface area contributed by atoms with Crippen LogP contribution in [0.5, 0.6) is 0 Å². The van der Waals surface area contributed by atoms with Crippen LogP contribution in [0.15, 0.2) is 54.6 Å². The Labute approximate surface area is 204 Å². The summed E-state index contributed by atoms with van der Waals surface area (Å²) in [4.78, 5) is 27.6. The number of hydrogen-bond acceptors (Lipinski definition) is 3. The molecule has 0 radical (unpaired) electrons. The number of hydrogen-bond donors (Lipinski definition) is 1. The Hall–Kier alpha value is -3.19. The molecule has 0 saturated heterocycles. The molecule has 1 heterocycles. The van der Waals surface area contributed by atoms with Crippen molar-refractivity contribution < 1.29 is 14.0 Å². The number of nitrogens with zero attached hydrogens (tertiary/aromatic N) is 3. The second-order valence-corrected chi connectivity index (χ2v) is 9.57. The van der Waals surface area contributed by atoms with Crippen molar-refractivity contribution in [2.24, 2.45) is 0 Å². The lowest BCUT2D eigenvalue weighted by Gasteiger charge is -2.22. The average Bonchev–Trinajstić information content (AvgIpc) is 3.21. The molecule has 0 atom stereocenters. The summed E-state index contributed by atoms with van der Waals surface area (Å²) in [5, 5.41) is 8.08. The molecule has 0 bridgehead atoms. The van der Waals surface area contributed by atoms with Crippen LogP contribution >= 0.6 is 11.6 Å². The topological polar surface area (TPSA) is 67.2 Å². The highest BCUT2D eigenvalue weighted by Gasteiger charge is 2.24. The molecule has 1 N–H and O–H groups in total. The van der Waals surface area contributed by atoms with E-state index in [4.69, 9.17) is 11.6 Å². The third kappa shape index (κ3) is 6.23. The van der Waals surface area contributed by atoms with Gasteiger partial charge in [-0.2, -0.15) is 5.10 Å². The zero-order valence-corrected chi connectivity index (χ0v) is 20.7. The summed E-state index contributed by atoms with van der Waals surface area (Å²) in [6.45, 7) is 8.38. The van der Waals surface area contributed by atoms with Crippen LogP contribution in [0.25, 0.3) is 5.69 Å². The van der Waals surface area contributed by atoms with Crippen LogP contribution in [0.1, 0.15) is 56.6 Å². The van der Waals surface area contributed by atoms with Crippen LogP contribution in [-0.2, 0) is 10.2 Å². The summed E-state index contributed by atoms with van der Waals surface area (Å²) in [5.74, 6) is -0.636. The molecule has 0 aliphatic rings. The molecule has 0 unspecified atom stereocenters. The Morgan fingerprint density at radius 3 is 2.41 bits per heavy atom. The number of para-hydroxylation sites is 1. The van der Waals surface area contributed by atoms with E-state index in [1.54, 1.807) is 10.7 Å². The molecule has 2 aromatic carbocycles. The predicted molar refractivity (Wildman–Crippen MR) is 133 cm³/mol. The lowest BCUT2D eigenvalue weighted by atomic mass is 9.92. The van der Waals surface area contributed by atoms with Gasteiger partial charge >= 0.3 is 0 Å². The van der Waals surface area contributed by atoms with Crippen molar-refractivity contribution in [2.45, 2.75) is 46.0 Å². The number of aromatic nitrogens is 2. The van der Waals surface area contributed by atoms with Gasteiger partial charge in [0.1, 0.15) is 18.2 Å². The standard InChI is InChI=1S/C26H30ClFN4O2/c1-5-6-15-31(25(34)18-11-13-19(28)14-12-18)17-24(33)29-23-16-22(26(2,3)4)30-32(23)21-10-8-7-9-20(21)27/h7-14,16H,5-6,15,17H2,1-4H3,(H,29,33). The minimum atomic E-state index is -0.420. The van der Waals surface area contributed by atoms with Gasteiger partial charge in [-0.05, 0) is 42.8 Å². The molecule has 2 amide bonds. The van der Waals surface area contributed by atoms with Gasteiger partial charge in [-0.3, -0.25) is 9.59 Å². The van der Waals surface area contributed by atoms with E-state index < -0.39 is 5.82 Å². The van der Waals surface area contributed by atoms with Gasteiger partial charge < -0.3 is 10.2 Å². The molecule has 1 aromatic heterocycles. The second kappa shape index (κ2) is 10.8. The molecule has 0 aliphatic heterocycles. The monoisotopic (exact) mass is 484 g/mol. The Balaban J connectivity index is 1.86. The maximum atomic E-state index is 13.3. The predicted octanol–water partition coefficient (Wildman–Crippen LogP) is 5.84. The lowest BCUT2D eigenvalue weighted by Crippen LogP contribution is -2.39. The average molecular weight is 485 g/mol. The highest BCUT2D eigenvalue weighted by Crippen LogP contribution is 2.29. The van der Waals surface area contributed by atoms with Gasteiger partial charge in [0.25, 0.3) is 5.91 Å². The van der Waals surface area contributed by atoms with Crippen LogP contribution in [0.4, 0.5) is 10.2 Å². The first-order valence-electron chi connectivity index (χ1n) is 11.3. The number of halogens is 2. The van der Waals surface area contributed by atoms with E-state index in [1.165, 1.54) is 29.2 Å². The van der Waals surface area contributed by atoms with Gasteiger partial charge in [0.2, 0.25) is 5.91 Å². The number of anilines is 1. The number of carbonyl (C=O) groups excluding carboxylic acids is 2. The van der Waals surface area contributed by atoms with Crippen LogP contribution in [0.2, 0.25) is 5.02 Å². The normalized spacial score (nSPS) is 11.4. The van der Waals surface area contributed by atoms with Gasteiger partial charge in [-0.1, -0.05) is 57.8 Å². The number of rotatable bonds is 8. The summed E-state index contributed by atoms with van der Waals surface area (Å²) in [7, 11) is 0. The molecule has 0 fully saturated rings. The van der Waals surface area contributed by atoms with E-state index in [1.807, 2.05) is 52.0 Å². The minimum Gasteiger partial charge on any atom is -0.329 e. The van der Waals surface area contributed by atoms with Gasteiger partial charge in [-0.25, -0.2) is 9.07 Å². The Bertz CT molecular complexity index is 1150. The summed E-state index contributed by atoms with van der Waals surface area (Å²) >= 11 is 6.40. The van der Waals surface area contributed by atoms with Crippen molar-refractivity contribution in [3.8, 4) is 5.69 Å². The smallest absolute Gasteiger partial charge is 0.254 e. The highest BCUT2D eigenvalue weighted by atomic mass is 35.5. The Kier molecular flexibility index (Phi) is 8.10. The van der Waals surface area contributed by atoms with Gasteiger partial charge in [0, 0.05) is 23.6 Å². The number of benzene rings is 2. The molecule has 180 valence electrons. The van der Waals surface area contributed by atoms with Crippen molar-refractivity contribution in [3.05, 3.63) is 76.7 Å². The molecule has 0 aliphatic carbocycles. The van der Waals surface area contributed by atoms with Gasteiger partial charge in [0.05, 0.1) is 16.4 Å². The van der Waals surface area contributed by atoms with Crippen LogP contribution in [0, 0.1) is 5.82 Å². The first kappa shape index (κ1) is 25.4. The number of carbonyl (C=O) groups is 2. The van der Waals surface area contributed by atoms with Crippen LogP contribution in [0.3, 0.4) is 0 Å². The molecule has 34 heavy (non-hydrogen) atoms. The number of amides is 2. The number of unbranched alkanes of at least 4 members (excludes halogenated alkanes) is 1. The van der Waals surface area contributed by atoms with E-state index in [2.05, 4.69) is 10.4 Å². The second-order valence-electron chi connectivity index (χ2n) is 9.16. The van der Waals surface area contributed by atoms with E-state index in [-0.39, 0.29) is 23.8 Å². The Morgan fingerprint density at radius 2 is 1.79 bits per heavy atom. The lowest BCUT2D eigenvalue weighted by molar-refractivity contribution is -0.117. The van der Waals surface area contributed by atoms with Crippen molar-refractivity contribution in [2.75, 3.05) is 18.4 Å². The van der Waals surface area contributed by atoms with Crippen LogP contribution < -0.4 is 5.32 Å². The zero-order chi connectivity index (χ0) is 24.9. The summed E-state index contributed by atoms with van der Waals surface area (Å²) in [6.07, 6.45) is 1.61. The zero-order valence-electron chi connectivity index (χ0n) is 19.9.